The van der Waals surface area contributed by atoms with Crippen LogP contribution in [0.5, 0.6) is 0 Å². The minimum Gasteiger partial charge on any atom is -0.299 e. The molecule has 1 aromatic heterocycles. The van der Waals surface area contributed by atoms with Crippen LogP contribution in [0, 0.1) is 17.2 Å². The predicted octanol–water partition coefficient (Wildman–Crippen LogP) is 7.07. The molecule has 26 heavy (non-hydrogen) atoms. The molecule has 1 saturated heterocycles. The molecule has 3 heteroatoms. The number of piperidine rings is 1. The molecule has 2 heterocycles. The number of hydrogen-bond acceptors (Lipinski definition) is 3. The van der Waals surface area contributed by atoms with Gasteiger partial charge in [-0.15, -0.1) is 0 Å². The molecule has 1 aliphatic rings. The first-order chi connectivity index (χ1) is 12.7. The highest BCUT2D eigenvalue weighted by molar-refractivity contribution is 5.25. The van der Waals surface area contributed by atoms with Gasteiger partial charge in [-0.05, 0) is 49.5 Å². The van der Waals surface area contributed by atoms with E-state index < -0.39 is 0 Å². The fourth-order valence-electron chi connectivity index (χ4n) is 2.11. The maximum absolute atomic E-state index is 8.78. The van der Waals surface area contributed by atoms with Gasteiger partial charge in [0.15, 0.2) is 0 Å². The zero-order valence-electron chi connectivity index (χ0n) is 19.1. The quantitative estimate of drug-likeness (QED) is 0.576. The van der Waals surface area contributed by atoms with Crippen molar-refractivity contribution in [3.05, 3.63) is 29.6 Å². The van der Waals surface area contributed by atoms with Gasteiger partial charge in [-0.25, -0.2) is 4.98 Å². The Bertz CT molecular complexity index is 414. The first-order valence-corrected chi connectivity index (χ1v) is 10.8. The Kier molecular flexibility index (Phi) is 26.7. The second-order valence-corrected chi connectivity index (χ2v) is 5.62. The van der Waals surface area contributed by atoms with Crippen molar-refractivity contribution in [3.8, 4) is 6.07 Å². The number of unbranched alkanes of at least 4 members (excludes halogenated alkanes) is 1. The molecule has 0 N–H and O–H groups in total. The topological polar surface area (TPSA) is 39.9 Å². The molecule has 0 saturated carbocycles. The zero-order chi connectivity index (χ0) is 20.8. The second-order valence-electron chi connectivity index (χ2n) is 5.62. The molecule has 0 amide bonds. The summed E-state index contributed by atoms with van der Waals surface area (Å²) in [6, 6.07) is 5.97. The molecule has 2 rings (SSSR count). The number of hydrogen-bond donors (Lipinski definition) is 0. The van der Waals surface area contributed by atoms with E-state index in [1.807, 2.05) is 53.7 Å². The molecule has 1 fully saturated rings. The standard InChI is InChI=1S/C13H17N3.C4H10.3C2H6/c1-11-3-6-16(7-4-11)10-12-2-5-15-13(8-12)9-14;1-3-4-2;3*1-2/h2,5,8,11H,3-4,6-7,10H2,1H3;3-4H2,1-2H3;3*1-2H3. The summed E-state index contributed by atoms with van der Waals surface area (Å²) in [4.78, 5) is 6.44. The van der Waals surface area contributed by atoms with Gasteiger partial charge in [0.1, 0.15) is 11.8 Å². The third-order valence-corrected chi connectivity index (χ3v) is 3.72. The third kappa shape index (κ3) is 16.1. The summed E-state index contributed by atoms with van der Waals surface area (Å²) in [7, 11) is 0. The van der Waals surface area contributed by atoms with Crippen LogP contribution in [0.25, 0.3) is 0 Å². The Hall–Kier alpha value is -1.40. The van der Waals surface area contributed by atoms with Gasteiger partial charge in [0.25, 0.3) is 0 Å². The van der Waals surface area contributed by atoms with Crippen LogP contribution in [-0.4, -0.2) is 23.0 Å². The molecular weight excluding hydrogens is 318 g/mol. The summed E-state index contributed by atoms with van der Waals surface area (Å²) in [5, 5.41) is 8.78. The molecule has 1 aliphatic heterocycles. The fourth-order valence-corrected chi connectivity index (χ4v) is 2.11. The molecule has 0 radical (unpaired) electrons. The van der Waals surface area contributed by atoms with Crippen LogP contribution in [0.3, 0.4) is 0 Å². The van der Waals surface area contributed by atoms with Crippen molar-refractivity contribution in [1.82, 2.24) is 9.88 Å². The monoisotopic (exact) mass is 363 g/mol. The lowest BCUT2D eigenvalue weighted by molar-refractivity contribution is 0.185. The van der Waals surface area contributed by atoms with Crippen molar-refractivity contribution < 1.29 is 0 Å². The number of aromatic nitrogens is 1. The van der Waals surface area contributed by atoms with Crippen LogP contribution in [0.15, 0.2) is 18.3 Å². The summed E-state index contributed by atoms with van der Waals surface area (Å²) < 4.78 is 0. The van der Waals surface area contributed by atoms with Crippen LogP contribution >= 0.6 is 0 Å². The van der Waals surface area contributed by atoms with E-state index in [4.69, 9.17) is 5.26 Å². The van der Waals surface area contributed by atoms with E-state index in [0.29, 0.717) is 5.69 Å². The van der Waals surface area contributed by atoms with Crippen molar-refractivity contribution >= 4 is 0 Å². The number of rotatable bonds is 3. The predicted molar refractivity (Wildman–Crippen MR) is 117 cm³/mol. The molecule has 152 valence electrons. The van der Waals surface area contributed by atoms with Crippen molar-refractivity contribution in [3.63, 3.8) is 0 Å². The lowest BCUT2D eigenvalue weighted by atomic mass is 9.99. The highest BCUT2D eigenvalue weighted by Gasteiger charge is 2.15. The Morgan fingerprint density at radius 3 is 1.96 bits per heavy atom. The summed E-state index contributed by atoms with van der Waals surface area (Å²) in [5.41, 5.74) is 1.71. The first-order valence-electron chi connectivity index (χ1n) is 10.8. The van der Waals surface area contributed by atoms with E-state index in [0.717, 1.165) is 12.5 Å². The molecule has 0 aliphatic carbocycles. The normalized spacial score (nSPS) is 13.1. The highest BCUT2D eigenvalue weighted by Crippen LogP contribution is 2.18. The van der Waals surface area contributed by atoms with E-state index >= 15 is 0 Å². The Labute approximate surface area is 164 Å². The third-order valence-electron chi connectivity index (χ3n) is 3.72. The first kappa shape index (κ1) is 29.4. The molecule has 0 bridgehead atoms. The van der Waals surface area contributed by atoms with Gasteiger partial charge < -0.3 is 0 Å². The second kappa shape index (κ2) is 23.6. The van der Waals surface area contributed by atoms with Crippen LogP contribution < -0.4 is 0 Å². The summed E-state index contributed by atoms with van der Waals surface area (Å²) >= 11 is 0. The SMILES string of the molecule is CC.CC.CC.CC1CCN(Cc2ccnc(C#N)c2)CC1.CCCC. The molecule has 0 aromatic carbocycles. The summed E-state index contributed by atoms with van der Waals surface area (Å²) in [6.45, 7) is 22.0. The number of nitrogens with zero attached hydrogens (tertiary/aromatic N) is 3. The van der Waals surface area contributed by atoms with Crippen molar-refractivity contribution in [2.24, 2.45) is 5.92 Å². The molecule has 0 spiro atoms. The average Bonchev–Trinajstić information content (AvgIpc) is 2.74. The Morgan fingerprint density at radius 2 is 1.54 bits per heavy atom. The van der Waals surface area contributed by atoms with Gasteiger partial charge in [-0.2, -0.15) is 5.26 Å². The van der Waals surface area contributed by atoms with E-state index in [1.165, 1.54) is 44.3 Å². The lowest BCUT2D eigenvalue weighted by Crippen LogP contribution is -2.32. The van der Waals surface area contributed by atoms with Crippen LogP contribution in [-0.2, 0) is 6.54 Å². The maximum Gasteiger partial charge on any atom is 0.140 e. The summed E-state index contributed by atoms with van der Waals surface area (Å²) in [6.07, 6.45) is 6.94. The van der Waals surface area contributed by atoms with Crippen LogP contribution in [0.2, 0.25) is 0 Å². The molecule has 3 nitrogen and oxygen atoms in total. The van der Waals surface area contributed by atoms with Gasteiger partial charge in [0.05, 0.1) is 0 Å². The average molecular weight is 364 g/mol. The van der Waals surface area contributed by atoms with Gasteiger partial charge in [-0.3, -0.25) is 4.90 Å². The van der Waals surface area contributed by atoms with Crippen LogP contribution in [0.1, 0.15) is 99.3 Å². The molecule has 1 aromatic rings. The molecular formula is C23H45N3. The number of pyridine rings is 1. The van der Waals surface area contributed by atoms with E-state index in [9.17, 15) is 0 Å². The van der Waals surface area contributed by atoms with E-state index in [-0.39, 0.29) is 0 Å². The van der Waals surface area contributed by atoms with Gasteiger partial charge in [0.2, 0.25) is 0 Å². The minimum atomic E-state index is 0.517. The highest BCUT2D eigenvalue weighted by atomic mass is 15.1. The van der Waals surface area contributed by atoms with Crippen LogP contribution in [0.4, 0.5) is 0 Å². The smallest absolute Gasteiger partial charge is 0.140 e. The van der Waals surface area contributed by atoms with Gasteiger partial charge in [-0.1, -0.05) is 75.2 Å². The lowest BCUT2D eigenvalue weighted by Gasteiger charge is -2.30. The summed E-state index contributed by atoms with van der Waals surface area (Å²) in [5.74, 6) is 0.864. The zero-order valence-corrected chi connectivity index (χ0v) is 19.1. The van der Waals surface area contributed by atoms with Crippen molar-refractivity contribution in [2.45, 2.75) is 94.5 Å². The number of likely N-dealkylation sites (tertiary alicyclic amines) is 1. The van der Waals surface area contributed by atoms with Crippen molar-refractivity contribution in [1.29, 1.82) is 5.26 Å². The fraction of sp³-hybridized carbons (Fsp3) is 0.739. The Morgan fingerprint density at radius 1 is 1.04 bits per heavy atom. The molecule has 0 unspecified atom stereocenters. The molecule has 0 atom stereocenters. The minimum absolute atomic E-state index is 0.517. The number of nitriles is 1. The largest absolute Gasteiger partial charge is 0.299 e. The maximum atomic E-state index is 8.78. The van der Waals surface area contributed by atoms with E-state index in [2.05, 4.69) is 36.7 Å². The van der Waals surface area contributed by atoms with Gasteiger partial charge >= 0.3 is 0 Å². The Balaban J connectivity index is -0.000000451. The van der Waals surface area contributed by atoms with Gasteiger partial charge in [0, 0.05) is 12.7 Å². The van der Waals surface area contributed by atoms with E-state index in [1.54, 1.807) is 6.20 Å². The van der Waals surface area contributed by atoms with Crippen molar-refractivity contribution in [2.75, 3.05) is 13.1 Å².